The van der Waals surface area contributed by atoms with Crippen molar-refractivity contribution in [2.45, 2.75) is 24.3 Å². The van der Waals surface area contributed by atoms with E-state index >= 15 is 0 Å². The molecule has 1 saturated heterocycles. The van der Waals surface area contributed by atoms with Crippen LogP contribution in [0.4, 0.5) is 5.69 Å². The number of benzene rings is 2. The summed E-state index contributed by atoms with van der Waals surface area (Å²) < 4.78 is 43.7. The molecule has 1 fully saturated rings. The lowest BCUT2D eigenvalue weighted by molar-refractivity contribution is -0.386. The number of sulfonamides is 1. The van der Waals surface area contributed by atoms with Crippen LogP contribution in [0.1, 0.15) is 18.4 Å². The average Bonchev–Trinajstić information content (AvgIpc) is 3.37. The van der Waals surface area contributed by atoms with Gasteiger partial charge in [-0.25, -0.2) is 8.42 Å². The third-order valence-electron chi connectivity index (χ3n) is 4.75. The smallest absolute Gasteiger partial charge is 0.312 e. The minimum Gasteiger partial charge on any atom is -0.482 e. The highest BCUT2D eigenvalue weighted by atomic mass is 79.9. The minimum absolute atomic E-state index is 0.0139. The molecule has 0 N–H and O–H groups in total. The zero-order chi connectivity index (χ0) is 20.6. The van der Waals surface area contributed by atoms with Crippen LogP contribution in [0.5, 0.6) is 17.2 Å². The largest absolute Gasteiger partial charge is 0.482 e. The quantitative estimate of drug-likeness (QED) is 0.456. The molecule has 0 spiro atoms. The van der Waals surface area contributed by atoms with E-state index in [0.717, 1.165) is 18.9 Å². The van der Waals surface area contributed by atoms with Crippen molar-refractivity contribution in [2.75, 3.05) is 19.9 Å². The first-order chi connectivity index (χ1) is 13.9. The van der Waals surface area contributed by atoms with E-state index in [1.807, 2.05) is 0 Å². The van der Waals surface area contributed by atoms with Crippen LogP contribution >= 0.6 is 15.9 Å². The predicted octanol–water partition coefficient (Wildman–Crippen LogP) is 3.45. The lowest BCUT2D eigenvalue weighted by Crippen LogP contribution is -2.27. The number of rotatable bonds is 6. The molecule has 2 aromatic carbocycles. The van der Waals surface area contributed by atoms with Crippen LogP contribution in [-0.2, 0) is 16.6 Å². The second-order valence-corrected chi connectivity index (χ2v) is 9.38. The van der Waals surface area contributed by atoms with Gasteiger partial charge in [-0.05, 0) is 37.1 Å². The Labute approximate surface area is 175 Å². The fourth-order valence-corrected chi connectivity index (χ4v) is 5.20. The van der Waals surface area contributed by atoms with Gasteiger partial charge in [0.05, 0.1) is 9.82 Å². The van der Waals surface area contributed by atoms with Gasteiger partial charge in [-0.2, -0.15) is 4.31 Å². The summed E-state index contributed by atoms with van der Waals surface area (Å²) in [5.74, 6) is 1.15. The van der Waals surface area contributed by atoms with Gasteiger partial charge in [-0.15, -0.1) is 0 Å². The molecule has 0 atom stereocenters. The number of hydrogen-bond donors (Lipinski definition) is 0. The maximum atomic E-state index is 12.7. The highest BCUT2D eigenvalue weighted by Crippen LogP contribution is 2.38. The minimum atomic E-state index is -3.76. The van der Waals surface area contributed by atoms with E-state index in [4.69, 9.17) is 14.2 Å². The number of hydrogen-bond acceptors (Lipinski definition) is 7. The van der Waals surface area contributed by atoms with E-state index in [2.05, 4.69) is 15.9 Å². The van der Waals surface area contributed by atoms with Crippen molar-refractivity contribution in [3.63, 3.8) is 0 Å². The lowest BCUT2D eigenvalue weighted by atomic mass is 10.2. The number of nitro benzene ring substituents is 1. The number of ether oxygens (including phenoxy) is 3. The highest BCUT2D eigenvalue weighted by molar-refractivity contribution is 9.10. The van der Waals surface area contributed by atoms with Crippen molar-refractivity contribution in [1.82, 2.24) is 4.31 Å². The first kappa shape index (κ1) is 19.9. The molecule has 0 unspecified atom stereocenters. The number of nitro groups is 1. The van der Waals surface area contributed by atoms with Crippen LogP contribution in [0.25, 0.3) is 0 Å². The molecular formula is C18H17BrN2O7S. The zero-order valence-corrected chi connectivity index (χ0v) is 17.6. The highest BCUT2D eigenvalue weighted by Gasteiger charge is 2.30. The molecule has 2 heterocycles. The Morgan fingerprint density at radius 1 is 1.14 bits per heavy atom. The molecule has 0 amide bonds. The summed E-state index contributed by atoms with van der Waals surface area (Å²) in [4.78, 5) is 10.8. The lowest BCUT2D eigenvalue weighted by Gasteiger charge is -2.16. The summed E-state index contributed by atoms with van der Waals surface area (Å²) >= 11 is 3.41. The molecule has 0 bridgehead atoms. The standard InChI is InChI=1S/C18H17BrN2O7S/c19-14-9-18-17(27-11-28-18)7-12(14)10-26-16-4-3-13(8-15(16)21(22)23)29(24,25)20-5-1-2-6-20/h3-4,7-9H,1-2,5-6,10-11H2. The summed E-state index contributed by atoms with van der Waals surface area (Å²) in [7, 11) is -3.76. The van der Waals surface area contributed by atoms with Crippen molar-refractivity contribution in [1.29, 1.82) is 0 Å². The topological polar surface area (TPSA) is 108 Å². The normalized spacial score (nSPS) is 16.2. The van der Waals surface area contributed by atoms with Gasteiger partial charge in [0, 0.05) is 29.2 Å². The Morgan fingerprint density at radius 3 is 2.52 bits per heavy atom. The van der Waals surface area contributed by atoms with Crippen LogP contribution in [0.15, 0.2) is 39.7 Å². The molecule has 4 rings (SSSR count). The molecule has 2 aliphatic rings. The van der Waals surface area contributed by atoms with Crippen molar-refractivity contribution in [2.24, 2.45) is 0 Å². The summed E-state index contributed by atoms with van der Waals surface area (Å²) in [6.07, 6.45) is 1.57. The molecule has 0 aliphatic carbocycles. The molecule has 29 heavy (non-hydrogen) atoms. The maximum Gasteiger partial charge on any atom is 0.312 e. The van der Waals surface area contributed by atoms with Crippen LogP contribution < -0.4 is 14.2 Å². The fraction of sp³-hybridized carbons (Fsp3) is 0.333. The van der Waals surface area contributed by atoms with Crippen LogP contribution in [0.2, 0.25) is 0 Å². The van der Waals surface area contributed by atoms with Crippen LogP contribution in [0.3, 0.4) is 0 Å². The Morgan fingerprint density at radius 2 is 1.83 bits per heavy atom. The molecule has 2 aromatic rings. The van der Waals surface area contributed by atoms with Gasteiger partial charge in [0.2, 0.25) is 16.8 Å². The first-order valence-corrected chi connectivity index (χ1v) is 11.1. The summed E-state index contributed by atoms with van der Waals surface area (Å²) in [5.41, 5.74) is 0.305. The third kappa shape index (κ3) is 3.89. The van der Waals surface area contributed by atoms with Crippen molar-refractivity contribution < 1.29 is 27.6 Å². The van der Waals surface area contributed by atoms with Gasteiger partial charge in [-0.1, -0.05) is 15.9 Å². The zero-order valence-electron chi connectivity index (χ0n) is 15.2. The Balaban J connectivity index is 1.59. The molecule has 154 valence electrons. The van der Waals surface area contributed by atoms with E-state index < -0.39 is 20.6 Å². The maximum absolute atomic E-state index is 12.7. The van der Waals surface area contributed by atoms with E-state index in [1.165, 1.54) is 16.4 Å². The fourth-order valence-electron chi connectivity index (χ4n) is 3.23. The van der Waals surface area contributed by atoms with Gasteiger partial charge in [0.1, 0.15) is 6.61 Å². The van der Waals surface area contributed by atoms with E-state index in [9.17, 15) is 18.5 Å². The number of halogens is 1. The molecule has 0 radical (unpaired) electrons. The van der Waals surface area contributed by atoms with Crippen LogP contribution in [-0.4, -0.2) is 37.5 Å². The number of fused-ring (bicyclic) bond motifs is 1. The summed E-state index contributed by atoms with van der Waals surface area (Å²) in [5, 5.41) is 11.5. The van der Waals surface area contributed by atoms with E-state index in [1.54, 1.807) is 12.1 Å². The molecule has 0 aromatic heterocycles. The second-order valence-electron chi connectivity index (χ2n) is 6.58. The Hall–Kier alpha value is -2.37. The molecule has 11 heteroatoms. The molecule has 9 nitrogen and oxygen atoms in total. The molecule has 0 saturated carbocycles. The van der Waals surface area contributed by atoms with Gasteiger partial charge in [0.15, 0.2) is 17.2 Å². The monoisotopic (exact) mass is 484 g/mol. The van der Waals surface area contributed by atoms with Crippen molar-refractivity contribution in [3.05, 3.63) is 50.5 Å². The van der Waals surface area contributed by atoms with Gasteiger partial charge >= 0.3 is 5.69 Å². The average molecular weight is 485 g/mol. The SMILES string of the molecule is O=[N+]([O-])c1cc(S(=O)(=O)N2CCCC2)ccc1OCc1cc2c(cc1Br)OCO2. The van der Waals surface area contributed by atoms with Gasteiger partial charge in [0.25, 0.3) is 0 Å². The molecular weight excluding hydrogens is 468 g/mol. The second kappa shape index (κ2) is 7.81. The van der Waals surface area contributed by atoms with Gasteiger partial charge in [-0.3, -0.25) is 10.1 Å². The van der Waals surface area contributed by atoms with Gasteiger partial charge < -0.3 is 14.2 Å². The Kier molecular flexibility index (Phi) is 5.36. The van der Waals surface area contributed by atoms with E-state index in [0.29, 0.717) is 34.6 Å². The summed E-state index contributed by atoms with van der Waals surface area (Å²) in [6, 6.07) is 7.18. The third-order valence-corrected chi connectivity index (χ3v) is 7.39. The van der Waals surface area contributed by atoms with Crippen molar-refractivity contribution >= 4 is 31.6 Å². The summed E-state index contributed by atoms with van der Waals surface area (Å²) in [6.45, 7) is 1.000. The van der Waals surface area contributed by atoms with E-state index in [-0.39, 0.29) is 24.0 Å². The van der Waals surface area contributed by atoms with Crippen LogP contribution in [0, 0.1) is 10.1 Å². The predicted molar refractivity (Wildman–Crippen MR) is 106 cm³/mol. The first-order valence-electron chi connectivity index (χ1n) is 8.85. The Bertz CT molecular complexity index is 1070. The van der Waals surface area contributed by atoms with Crippen molar-refractivity contribution in [3.8, 4) is 17.2 Å². The molecule has 2 aliphatic heterocycles. The number of nitrogens with zero attached hydrogens (tertiary/aromatic N) is 2.